The minimum Gasteiger partial charge on any atom is -0.373 e. The molecule has 1 saturated carbocycles. The van der Waals surface area contributed by atoms with Crippen molar-refractivity contribution in [1.82, 2.24) is 30.5 Å². The van der Waals surface area contributed by atoms with Gasteiger partial charge in [-0.05, 0) is 38.4 Å². The minimum atomic E-state index is -4.63. The highest BCUT2D eigenvalue weighted by atomic mass is 19.4. The van der Waals surface area contributed by atoms with Crippen LogP contribution in [0.25, 0.3) is 0 Å². The lowest BCUT2D eigenvalue weighted by Gasteiger charge is -2.39. The average molecular weight is 523 g/mol. The summed E-state index contributed by atoms with van der Waals surface area (Å²) < 4.78 is 40.4. The van der Waals surface area contributed by atoms with Crippen molar-refractivity contribution < 1.29 is 18.0 Å². The van der Waals surface area contributed by atoms with Crippen LogP contribution in [0.1, 0.15) is 53.1 Å². The van der Waals surface area contributed by atoms with Crippen molar-refractivity contribution >= 4 is 17.4 Å². The zero-order chi connectivity index (χ0) is 26.7. The molecule has 0 aromatic carbocycles. The van der Waals surface area contributed by atoms with E-state index in [9.17, 15) is 22.8 Å². The second kappa shape index (κ2) is 11.1. The molecule has 1 aliphatic carbocycles. The summed E-state index contributed by atoms with van der Waals surface area (Å²) in [6.07, 6.45) is -0.402. The first-order valence-corrected chi connectivity index (χ1v) is 12.4. The molecule has 0 spiro atoms. The van der Waals surface area contributed by atoms with Gasteiger partial charge in [0.15, 0.2) is 0 Å². The Labute approximate surface area is 213 Å². The third-order valence-corrected chi connectivity index (χ3v) is 7.31. The maximum atomic E-state index is 13.5. The topological polar surface area (TPSA) is 118 Å². The largest absolute Gasteiger partial charge is 0.408 e. The molecule has 0 bridgehead atoms. The van der Waals surface area contributed by atoms with Crippen LogP contribution in [0.5, 0.6) is 0 Å². The monoisotopic (exact) mass is 522 g/mol. The van der Waals surface area contributed by atoms with Crippen LogP contribution >= 0.6 is 0 Å². The number of rotatable bonds is 7. The van der Waals surface area contributed by atoms with Crippen LogP contribution < -0.4 is 26.4 Å². The number of hydrogen-bond donors (Lipinski definition) is 4. The van der Waals surface area contributed by atoms with E-state index in [0.29, 0.717) is 17.6 Å². The van der Waals surface area contributed by atoms with Gasteiger partial charge in [0.05, 0.1) is 17.4 Å². The van der Waals surface area contributed by atoms with E-state index in [2.05, 4.69) is 40.7 Å². The highest BCUT2D eigenvalue weighted by molar-refractivity contribution is 5.92. The number of amides is 1. The first-order valence-electron chi connectivity index (χ1n) is 12.4. The zero-order valence-corrected chi connectivity index (χ0v) is 21.2. The van der Waals surface area contributed by atoms with Crippen LogP contribution in [-0.2, 0) is 0 Å². The molecule has 37 heavy (non-hydrogen) atoms. The summed E-state index contributed by atoms with van der Waals surface area (Å²) in [6.45, 7) is 3.35. The molecule has 1 saturated heterocycles. The molecular formula is C24H33F3N8O2. The van der Waals surface area contributed by atoms with Crippen molar-refractivity contribution in [3.05, 3.63) is 45.8 Å². The lowest BCUT2D eigenvalue weighted by atomic mass is 10.0. The van der Waals surface area contributed by atoms with Crippen molar-refractivity contribution in [3.8, 4) is 0 Å². The van der Waals surface area contributed by atoms with Crippen LogP contribution in [0, 0.1) is 0 Å². The summed E-state index contributed by atoms with van der Waals surface area (Å²) in [5.74, 6) is 0.126. The van der Waals surface area contributed by atoms with E-state index in [1.807, 2.05) is 6.07 Å². The van der Waals surface area contributed by atoms with E-state index in [-0.39, 0.29) is 17.6 Å². The molecule has 13 heteroatoms. The number of alkyl halides is 3. The van der Waals surface area contributed by atoms with Crippen LogP contribution in [0.4, 0.5) is 24.7 Å². The normalized spacial score (nSPS) is 21.6. The molecule has 2 fully saturated rings. The first-order chi connectivity index (χ1) is 17.7. The van der Waals surface area contributed by atoms with Gasteiger partial charge in [-0.2, -0.15) is 13.2 Å². The predicted molar refractivity (Wildman–Crippen MR) is 134 cm³/mol. The molecule has 4 rings (SSSR count). The van der Waals surface area contributed by atoms with Gasteiger partial charge in [-0.3, -0.25) is 14.5 Å². The van der Waals surface area contributed by atoms with Gasteiger partial charge >= 0.3 is 6.18 Å². The molecule has 1 amide bonds. The molecule has 10 nitrogen and oxygen atoms in total. The molecule has 1 aliphatic heterocycles. The summed E-state index contributed by atoms with van der Waals surface area (Å²) in [7, 11) is 4.21. The molecule has 0 radical (unpaired) electrons. The number of carbonyl (C=O) groups excluding carboxylic acids is 1. The van der Waals surface area contributed by atoms with Gasteiger partial charge in [-0.25, -0.2) is 9.97 Å². The Balaban J connectivity index is 1.39. The number of halogens is 3. The van der Waals surface area contributed by atoms with Crippen molar-refractivity contribution in [2.45, 2.75) is 43.4 Å². The lowest BCUT2D eigenvalue weighted by molar-refractivity contribution is -0.156. The van der Waals surface area contributed by atoms with Crippen molar-refractivity contribution in [2.75, 3.05) is 57.5 Å². The Morgan fingerprint density at radius 2 is 1.86 bits per heavy atom. The highest BCUT2D eigenvalue weighted by Crippen LogP contribution is 2.38. The van der Waals surface area contributed by atoms with Crippen LogP contribution in [-0.4, -0.2) is 85.3 Å². The molecule has 3 unspecified atom stereocenters. The first kappa shape index (κ1) is 26.9. The van der Waals surface area contributed by atoms with Crippen molar-refractivity contribution in [1.29, 1.82) is 0 Å². The number of pyridine rings is 1. The quantitative estimate of drug-likeness (QED) is 0.435. The second-order valence-electron chi connectivity index (χ2n) is 9.39. The second-order valence-corrected chi connectivity index (χ2v) is 9.39. The fourth-order valence-electron chi connectivity index (χ4n) is 5.34. The minimum absolute atomic E-state index is 0.0303. The molecule has 2 aromatic heterocycles. The average Bonchev–Trinajstić information content (AvgIpc) is 3.39. The number of hydrogen-bond acceptors (Lipinski definition) is 8. The van der Waals surface area contributed by atoms with E-state index < -0.39 is 23.3 Å². The number of aromatic nitrogens is 3. The Hall–Kier alpha value is -3.19. The summed E-state index contributed by atoms with van der Waals surface area (Å²) in [5, 5.41) is 7.42. The van der Waals surface area contributed by atoms with E-state index in [0.717, 1.165) is 51.1 Å². The maximum absolute atomic E-state index is 13.5. The maximum Gasteiger partial charge on any atom is 0.408 e. The SMILES string of the molecule is CNC(=O)c1ccc(N2CCN(C3CCC(c4nc(NC)c(C(NC)C(F)(F)F)c(=O)[nH]4)C3)CC2)cn1. The van der Waals surface area contributed by atoms with Gasteiger partial charge in [0.1, 0.15) is 23.4 Å². The van der Waals surface area contributed by atoms with E-state index in [1.54, 1.807) is 19.3 Å². The Morgan fingerprint density at radius 1 is 1.14 bits per heavy atom. The summed E-state index contributed by atoms with van der Waals surface area (Å²) in [5.41, 5.74) is 0.114. The summed E-state index contributed by atoms with van der Waals surface area (Å²) >= 11 is 0. The highest BCUT2D eigenvalue weighted by Gasteiger charge is 2.43. The number of H-pyrrole nitrogens is 1. The number of piperazine rings is 1. The van der Waals surface area contributed by atoms with Gasteiger partial charge < -0.3 is 25.8 Å². The number of aromatic amines is 1. The number of nitrogens with zero attached hydrogens (tertiary/aromatic N) is 4. The van der Waals surface area contributed by atoms with Gasteiger partial charge in [-0.15, -0.1) is 0 Å². The zero-order valence-electron chi connectivity index (χ0n) is 21.2. The molecular weight excluding hydrogens is 489 g/mol. The molecule has 3 atom stereocenters. The third-order valence-electron chi connectivity index (χ3n) is 7.31. The number of carbonyl (C=O) groups is 1. The molecule has 202 valence electrons. The Morgan fingerprint density at radius 3 is 2.43 bits per heavy atom. The summed E-state index contributed by atoms with van der Waals surface area (Å²) in [6, 6.07) is 1.82. The fraction of sp³-hybridized carbons (Fsp3) is 0.583. The fourth-order valence-corrected chi connectivity index (χ4v) is 5.34. The van der Waals surface area contributed by atoms with Crippen molar-refractivity contribution in [3.63, 3.8) is 0 Å². The van der Waals surface area contributed by atoms with E-state index in [1.165, 1.54) is 14.1 Å². The predicted octanol–water partition coefficient (Wildman–Crippen LogP) is 1.85. The smallest absolute Gasteiger partial charge is 0.373 e. The Kier molecular flexibility index (Phi) is 8.02. The molecule has 4 N–H and O–H groups in total. The summed E-state index contributed by atoms with van der Waals surface area (Å²) in [4.78, 5) is 40.4. The molecule has 2 aliphatic rings. The van der Waals surface area contributed by atoms with Gasteiger partial charge in [0.2, 0.25) is 0 Å². The molecule has 2 aromatic rings. The van der Waals surface area contributed by atoms with Gasteiger partial charge in [0.25, 0.3) is 11.5 Å². The van der Waals surface area contributed by atoms with Crippen LogP contribution in [0.15, 0.2) is 23.1 Å². The van der Waals surface area contributed by atoms with Gasteiger partial charge in [-0.1, -0.05) is 0 Å². The Bertz CT molecular complexity index is 1150. The number of nitrogens with one attached hydrogen (secondary N) is 4. The van der Waals surface area contributed by atoms with Crippen LogP contribution in [0.3, 0.4) is 0 Å². The van der Waals surface area contributed by atoms with Crippen molar-refractivity contribution in [2.24, 2.45) is 0 Å². The van der Waals surface area contributed by atoms with Crippen LogP contribution in [0.2, 0.25) is 0 Å². The van der Waals surface area contributed by atoms with Gasteiger partial charge in [0, 0.05) is 52.2 Å². The van der Waals surface area contributed by atoms with E-state index in [4.69, 9.17) is 0 Å². The van der Waals surface area contributed by atoms with E-state index >= 15 is 0 Å². The third kappa shape index (κ3) is 5.72. The lowest BCUT2D eigenvalue weighted by Crippen LogP contribution is -2.49. The standard InChI is InChI=1S/C24H33F3N8O2/c1-28-19(24(25,26)27)18-21(29-2)32-20(33-23(18)37)14-4-5-15(12-14)34-8-10-35(11-9-34)16-6-7-17(31-13-16)22(36)30-3/h6-7,13-15,19,28H,4-5,8-12H2,1-3H3,(H,30,36)(H2,29,32,33,37). The number of anilines is 2. The molecule has 3 heterocycles.